The van der Waals surface area contributed by atoms with Crippen LogP contribution in [-0.2, 0) is 38.1 Å². The Hall–Kier alpha value is -2.32. The van der Waals surface area contributed by atoms with Gasteiger partial charge in [-0.1, -0.05) is 0 Å². The fraction of sp³-hybridized carbons (Fsp3) is 0.826. The second kappa shape index (κ2) is 15.7. The maximum absolute atomic E-state index is 12.1. The number of nitrogens with one attached hydrogen (secondary N) is 1. The van der Waals surface area contributed by atoms with Gasteiger partial charge in [0.1, 0.15) is 6.10 Å². The van der Waals surface area contributed by atoms with Gasteiger partial charge in [-0.05, 0) is 0 Å². The van der Waals surface area contributed by atoms with Gasteiger partial charge in [0.2, 0.25) is 0 Å². The molecule has 206 valence electrons. The third kappa shape index (κ3) is 10.3. The van der Waals surface area contributed by atoms with Crippen LogP contribution in [0.4, 0.5) is 0 Å². The van der Waals surface area contributed by atoms with Gasteiger partial charge in [0.25, 0.3) is 0 Å². The van der Waals surface area contributed by atoms with Crippen LogP contribution < -0.4 is 5.32 Å². The van der Waals surface area contributed by atoms with Crippen LogP contribution in [-0.4, -0.2) is 162 Å². The molecule has 0 aromatic heterocycles. The summed E-state index contributed by atoms with van der Waals surface area (Å²) < 4.78 is 20.2. The first-order valence-electron chi connectivity index (χ1n) is 12.2. The third-order valence-electron chi connectivity index (χ3n) is 6.53. The maximum atomic E-state index is 12.1. The number of ether oxygens (including phenoxy) is 4. The van der Waals surface area contributed by atoms with Gasteiger partial charge in [-0.25, -0.2) is 0 Å². The van der Waals surface area contributed by atoms with Crippen LogP contribution in [0.2, 0.25) is 0 Å². The van der Waals surface area contributed by atoms with Gasteiger partial charge in [-0.15, -0.1) is 0 Å². The van der Waals surface area contributed by atoms with E-state index in [1.165, 1.54) is 28.3 Å². The Balaban J connectivity index is 2.22. The Kier molecular flexibility index (Phi) is 13.1. The van der Waals surface area contributed by atoms with Gasteiger partial charge >= 0.3 is 23.9 Å². The zero-order valence-electron chi connectivity index (χ0n) is 21.9. The lowest BCUT2D eigenvalue weighted by molar-refractivity contribution is -0.148. The molecule has 0 aliphatic carbocycles. The van der Waals surface area contributed by atoms with Crippen molar-refractivity contribution in [3.8, 4) is 0 Å². The summed E-state index contributed by atoms with van der Waals surface area (Å²) in [5.41, 5.74) is 0. The van der Waals surface area contributed by atoms with E-state index in [0.717, 1.165) is 0 Å². The van der Waals surface area contributed by atoms with Crippen molar-refractivity contribution < 1.29 is 38.1 Å². The summed E-state index contributed by atoms with van der Waals surface area (Å²) in [4.78, 5) is 56.0. The predicted octanol–water partition coefficient (Wildman–Crippen LogP) is -2.37. The van der Waals surface area contributed by atoms with E-state index in [0.29, 0.717) is 65.4 Å². The summed E-state index contributed by atoms with van der Waals surface area (Å²) in [5, 5.41) is 3.30. The lowest BCUT2D eigenvalue weighted by Crippen LogP contribution is -2.53. The highest BCUT2D eigenvalue weighted by atomic mass is 16.5. The predicted molar refractivity (Wildman–Crippen MR) is 129 cm³/mol. The van der Waals surface area contributed by atoms with Crippen molar-refractivity contribution in [2.24, 2.45) is 0 Å². The van der Waals surface area contributed by atoms with Crippen LogP contribution in [0.1, 0.15) is 6.92 Å². The van der Waals surface area contributed by atoms with E-state index >= 15 is 0 Å². The molecule has 2 rings (SSSR count). The summed E-state index contributed by atoms with van der Waals surface area (Å²) in [5.74, 6) is -1.35. The average Bonchev–Trinajstić information content (AvgIpc) is 3.30. The number of hydrogen-bond donors (Lipinski definition) is 1. The number of esters is 4. The van der Waals surface area contributed by atoms with E-state index < -0.39 is 0 Å². The lowest BCUT2D eigenvalue weighted by Gasteiger charge is -2.37. The number of carbonyl (C=O) groups excluding carboxylic acids is 4. The summed E-state index contributed by atoms with van der Waals surface area (Å²) in [6, 6.07) is -0.0346. The average molecular weight is 516 g/mol. The third-order valence-corrected chi connectivity index (χ3v) is 6.53. The molecule has 0 bridgehead atoms. The van der Waals surface area contributed by atoms with Gasteiger partial charge in [-0.2, -0.15) is 0 Å². The van der Waals surface area contributed by atoms with Gasteiger partial charge in [0.05, 0.1) is 47.0 Å². The molecule has 2 atom stereocenters. The Morgan fingerprint density at radius 1 is 0.667 bits per heavy atom. The molecule has 2 aliphatic heterocycles. The fourth-order valence-corrected chi connectivity index (χ4v) is 4.44. The van der Waals surface area contributed by atoms with Crippen molar-refractivity contribution in [2.75, 3.05) is 106 Å². The SMILES string of the molecule is COC(=O)CN1CCN(CC(=O)OC)CCN([C@H]2CNC[C@@H]2OC(C)=O)CCN(CC(=O)OC)CC1. The van der Waals surface area contributed by atoms with E-state index in [4.69, 9.17) is 18.9 Å². The van der Waals surface area contributed by atoms with Crippen LogP contribution in [0.3, 0.4) is 0 Å². The number of rotatable bonds is 8. The van der Waals surface area contributed by atoms with E-state index in [-0.39, 0.29) is 55.7 Å². The molecule has 2 saturated heterocycles. The number of carbonyl (C=O) groups is 4. The Labute approximate surface area is 212 Å². The van der Waals surface area contributed by atoms with Gasteiger partial charge in [0.15, 0.2) is 0 Å². The second-order valence-electron chi connectivity index (χ2n) is 8.97. The van der Waals surface area contributed by atoms with Crippen LogP contribution in [0.5, 0.6) is 0 Å². The number of methoxy groups -OCH3 is 3. The van der Waals surface area contributed by atoms with Gasteiger partial charge in [0, 0.05) is 72.4 Å². The number of nitrogens with zero attached hydrogens (tertiary/aromatic N) is 4. The molecule has 0 spiro atoms. The molecule has 0 aromatic carbocycles. The molecule has 0 saturated carbocycles. The molecule has 0 aromatic rings. The minimum absolute atomic E-state index is 0.0346. The van der Waals surface area contributed by atoms with E-state index in [1.54, 1.807) is 0 Å². The zero-order valence-corrected chi connectivity index (χ0v) is 21.9. The van der Waals surface area contributed by atoms with Gasteiger partial charge in [-0.3, -0.25) is 38.8 Å². The van der Waals surface area contributed by atoms with Crippen molar-refractivity contribution in [1.29, 1.82) is 0 Å². The minimum atomic E-state index is -0.349. The standard InChI is InChI=1S/C23H41N5O8/c1-18(29)36-20-14-24-13-19(20)28-11-9-26(16-22(31)34-3)7-5-25(15-21(30)33-2)6-8-27(10-12-28)17-23(32)35-4/h19-20,24H,5-17H2,1-4H3/t19-,20-/m0/s1. The highest BCUT2D eigenvalue weighted by Crippen LogP contribution is 2.14. The second-order valence-corrected chi connectivity index (χ2v) is 8.97. The lowest BCUT2D eigenvalue weighted by atomic mass is 10.1. The quantitative estimate of drug-likeness (QED) is 0.273. The van der Waals surface area contributed by atoms with E-state index in [1.807, 2.05) is 14.7 Å². The highest BCUT2D eigenvalue weighted by Gasteiger charge is 2.35. The van der Waals surface area contributed by atoms with Crippen LogP contribution >= 0.6 is 0 Å². The summed E-state index contributed by atoms with van der Waals surface area (Å²) >= 11 is 0. The molecule has 2 heterocycles. The summed E-state index contributed by atoms with van der Waals surface area (Å²) in [7, 11) is 4.07. The molecular weight excluding hydrogens is 474 g/mol. The molecule has 1 N–H and O–H groups in total. The van der Waals surface area contributed by atoms with E-state index in [2.05, 4.69) is 10.2 Å². The first kappa shape index (κ1) is 29.9. The molecule has 13 nitrogen and oxygen atoms in total. The van der Waals surface area contributed by atoms with Crippen LogP contribution in [0.15, 0.2) is 0 Å². The molecular formula is C23H41N5O8. The Morgan fingerprint density at radius 2 is 1.06 bits per heavy atom. The minimum Gasteiger partial charge on any atom is -0.468 e. The highest BCUT2D eigenvalue weighted by molar-refractivity contribution is 5.72. The van der Waals surface area contributed by atoms with Crippen LogP contribution in [0, 0.1) is 0 Å². The zero-order chi connectivity index (χ0) is 26.5. The molecule has 2 fully saturated rings. The van der Waals surface area contributed by atoms with Crippen molar-refractivity contribution in [3.63, 3.8) is 0 Å². The molecule has 36 heavy (non-hydrogen) atoms. The molecule has 0 unspecified atom stereocenters. The molecule has 2 aliphatic rings. The molecule has 13 heteroatoms. The Bertz CT molecular complexity index is 705. The smallest absolute Gasteiger partial charge is 0.319 e. The van der Waals surface area contributed by atoms with Crippen molar-refractivity contribution in [1.82, 2.24) is 24.9 Å². The topological polar surface area (TPSA) is 130 Å². The Morgan fingerprint density at radius 3 is 1.42 bits per heavy atom. The monoisotopic (exact) mass is 515 g/mol. The summed E-state index contributed by atoms with van der Waals surface area (Å²) in [6.07, 6.45) is -0.283. The van der Waals surface area contributed by atoms with Crippen molar-refractivity contribution >= 4 is 23.9 Å². The van der Waals surface area contributed by atoms with Crippen molar-refractivity contribution in [2.45, 2.75) is 19.1 Å². The summed E-state index contributed by atoms with van der Waals surface area (Å²) in [6.45, 7) is 7.50. The van der Waals surface area contributed by atoms with Crippen LogP contribution in [0.25, 0.3) is 0 Å². The van der Waals surface area contributed by atoms with Crippen molar-refractivity contribution in [3.05, 3.63) is 0 Å². The van der Waals surface area contributed by atoms with E-state index in [9.17, 15) is 19.2 Å². The normalized spacial score (nSPS) is 23.8. The first-order valence-corrected chi connectivity index (χ1v) is 12.2. The maximum Gasteiger partial charge on any atom is 0.319 e. The fourth-order valence-electron chi connectivity index (χ4n) is 4.44. The molecule has 0 amide bonds. The largest absolute Gasteiger partial charge is 0.468 e. The van der Waals surface area contributed by atoms with Gasteiger partial charge < -0.3 is 24.3 Å². The molecule has 0 radical (unpaired) electrons. The number of hydrogen-bond acceptors (Lipinski definition) is 13. The first-order chi connectivity index (χ1) is 17.2.